The Morgan fingerprint density at radius 1 is 0.882 bits per heavy atom. The number of benzene rings is 3. The van der Waals surface area contributed by atoms with Crippen LogP contribution in [0.1, 0.15) is 24.0 Å². The predicted octanol–water partition coefficient (Wildman–Crippen LogP) is 4.53. The third kappa shape index (κ3) is 6.51. The van der Waals surface area contributed by atoms with Crippen molar-refractivity contribution in [3.05, 3.63) is 83.9 Å². The zero-order valence-electron chi connectivity index (χ0n) is 19.1. The molecule has 0 bridgehead atoms. The minimum atomic E-state index is -3.91. The third-order valence-electron chi connectivity index (χ3n) is 5.45. The largest absolute Gasteiger partial charge is 0.493 e. The van der Waals surface area contributed by atoms with Crippen LogP contribution >= 0.6 is 0 Å². The molecular formula is C26H28O7S. The van der Waals surface area contributed by atoms with Gasteiger partial charge in [0, 0.05) is 6.07 Å². The number of carboxylic acid groups (broad SMARTS) is 1. The lowest BCUT2D eigenvalue weighted by molar-refractivity contribution is -0.137. The van der Waals surface area contributed by atoms with E-state index in [0.717, 1.165) is 11.1 Å². The summed E-state index contributed by atoms with van der Waals surface area (Å²) in [6, 6.07) is 21.5. The minimum absolute atomic E-state index is 0.000981. The highest BCUT2D eigenvalue weighted by Crippen LogP contribution is 2.32. The van der Waals surface area contributed by atoms with Crippen molar-refractivity contribution in [1.29, 1.82) is 0 Å². The predicted molar refractivity (Wildman–Crippen MR) is 128 cm³/mol. The second-order valence-corrected chi connectivity index (χ2v) is 9.97. The number of hydrogen-bond donors (Lipinski definition) is 1. The van der Waals surface area contributed by atoms with E-state index in [0.29, 0.717) is 24.5 Å². The maximum Gasteiger partial charge on any atom is 0.304 e. The summed E-state index contributed by atoms with van der Waals surface area (Å²) in [4.78, 5) is 11.4. The number of aryl methyl sites for hydroxylation is 1. The van der Waals surface area contributed by atoms with Crippen LogP contribution in [0.25, 0.3) is 0 Å². The Morgan fingerprint density at radius 2 is 1.56 bits per heavy atom. The molecule has 0 amide bonds. The van der Waals surface area contributed by atoms with Gasteiger partial charge < -0.3 is 19.3 Å². The van der Waals surface area contributed by atoms with E-state index < -0.39 is 27.5 Å². The van der Waals surface area contributed by atoms with E-state index in [1.54, 1.807) is 0 Å². The van der Waals surface area contributed by atoms with E-state index in [1.165, 1.54) is 32.4 Å². The molecule has 1 N–H and O–H groups in total. The number of carboxylic acids is 1. The van der Waals surface area contributed by atoms with Crippen molar-refractivity contribution in [1.82, 2.24) is 0 Å². The van der Waals surface area contributed by atoms with E-state index in [-0.39, 0.29) is 17.1 Å². The molecule has 0 saturated heterocycles. The second kappa shape index (κ2) is 11.6. The molecule has 0 aliphatic heterocycles. The summed E-state index contributed by atoms with van der Waals surface area (Å²) in [6.45, 7) is 0.449. The highest BCUT2D eigenvalue weighted by Gasteiger charge is 2.30. The number of methoxy groups -OCH3 is 2. The van der Waals surface area contributed by atoms with E-state index in [2.05, 4.69) is 0 Å². The van der Waals surface area contributed by atoms with Gasteiger partial charge >= 0.3 is 5.97 Å². The summed E-state index contributed by atoms with van der Waals surface area (Å²) in [5.74, 6) is 0.195. The monoisotopic (exact) mass is 484 g/mol. The quantitative estimate of drug-likeness (QED) is 0.403. The summed E-state index contributed by atoms with van der Waals surface area (Å²) in [7, 11) is -1.04. The van der Waals surface area contributed by atoms with Gasteiger partial charge in [0.15, 0.2) is 21.3 Å². The summed E-state index contributed by atoms with van der Waals surface area (Å²) < 4.78 is 42.7. The summed E-state index contributed by atoms with van der Waals surface area (Å²) in [5, 5.41) is 8.25. The highest BCUT2D eigenvalue weighted by molar-refractivity contribution is 7.92. The molecule has 0 aliphatic rings. The van der Waals surface area contributed by atoms with E-state index in [4.69, 9.17) is 14.2 Å². The molecule has 3 rings (SSSR count). The number of carbonyl (C=O) groups is 1. The van der Waals surface area contributed by atoms with Gasteiger partial charge in [-0.1, -0.05) is 42.5 Å². The summed E-state index contributed by atoms with van der Waals surface area (Å²) >= 11 is 0. The normalized spacial score (nSPS) is 12.1. The number of rotatable bonds is 12. The standard InChI is InChI=1S/C26H28O7S/c1-31-24-15-14-22(16-25(24)32-2)34(29,30)23(17-26(27)28)13-10-19-8-11-21(12-9-19)33-18-20-6-4-3-5-7-20/h3-9,11-12,14-16,23H,10,13,17-18H2,1-2H3,(H,27,28). The van der Waals surface area contributed by atoms with Gasteiger partial charge in [-0.3, -0.25) is 4.79 Å². The molecule has 0 spiro atoms. The Morgan fingerprint density at radius 3 is 2.18 bits per heavy atom. The van der Waals surface area contributed by atoms with Crippen LogP contribution in [0.2, 0.25) is 0 Å². The van der Waals surface area contributed by atoms with Gasteiger partial charge in [-0.05, 0) is 48.2 Å². The number of ether oxygens (including phenoxy) is 3. The summed E-state index contributed by atoms with van der Waals surface area (Å²) in [5.41, 5.74) is 1.95. The molecule has 0 heterocycles. The van der Waals surface area contributed by atoms with Crippen LogP contribution in [0.4, 0.5) is 0 Å². The Balaban J connectivity index is 1.69. The fourth-order valence-corrected chi connectivity index (χ4v) is 5.27. The average Bonchev–Trinajstić information content (AvgIpc) is 2.85. The Hall–Kier alpha value is -3.52. The molecule has 7 nitrogen and oxygen atoms in total. The van der Waals surface area contributed by atoms with Crippen LogP contribution in [-0.4, -0.2) is 39.0 Å². The van der Waals surface area contributed by atoms with Crippen LogP contribution in [0.3, 0.4) is 0 Å². The maximum atomic E-state index is 13.3. The van der Waals surface area contributed by atoms with Crippen LogP contribution in [0, 0.1) is 0 Å². The van der Waals surface area contributed by atoms with Crippen molar-refractivity contribution in [3.63, 3.8) is 0 Å². The van der Waals surface area contributed by atoms with Crippen LogP contribution in [0.15, 0.2) is 77.7 Å². The van der Waals surface area contributed by atoms with Crippen LogP contribution < -0.4 is 14.2 Å². The SMILES string of the molecule is COc1ccc(S(=O)(=O)C(CCc2ccc(OCc3ccccc3)cc2)CC(=O)O)cc1OC. The van der Waals surface area contributed by atoms with Crippen molar-refractivity contribution in [2.75, 3.05) is 14.2 Å². The molecule has 0 saturated carbocycles. The van der Waals surface area contributed by atoms with Crippen molar-refractivity contribution in [2.45, 2.75) is 36.0 Å². The molecule has 8 heteroatoms. The van der Waals surface area contributed by atoms with Crippen molar-refractivity contribution in [2.24, 2.45) is 0 Å². The molecule has 1 atom stereocenters. The lowest BCUT2D eigenvalue weighted by Gasteiger charge is -2.17. The highest BCUT2D eigenvalue weighted by atomic mass is 32.2. The van der Waals surface area contributed by atoms with Crippen LogP contribution in [-0.2, 0) is 27.7 Å². The molecule has 3 aromatic rings. The van der Waals surface area contributed by atoms with E-state index in [9.17, 15) is 18.3 Å². The van der Waals surface area contributed by atoms with Crippen molar-refractivity contribution >= 4 is 15.8 Å². The fraction of sp³-hybridized carbons (Fsp3) is 0.269. The molecule has 3 aromatic carbocycles. The Kier molecular flexibility index (Phi) is 8.54. The van der Waals surface area contributed by atoms with Gasteiger partial charge in [0.25, 0.3) is 0 Å². The van der Waals surface area contributed by atoms with Gasteiger partial charge in [0.1, 0.15) is 12.4 Å². The molecule has 180 valence electrons. The summed E-state index contributed by atoms with van der Waals surface area (Å²) in [6.07, 6.45) is 0.0750. The van der Waals surface area contributed by atoms with Gasteiger partial charge in [-0.25, -0.2) is 8.42 Å². The fourth-order valence-electron chi connectivity index (χ4n) is 3.57. The number of hydrogen-bond acceptors (Lipinski definition) is 6. The van der Waals surface area contributed by atoms with Gasteiger partial charge in [-0.2, -0.15) is 0 Å². The molecule has 0 aliphatic carbocycles. The number of sulfone groups is 1. The second-order valence-electron chi connectivity index (χ2n) is 7.74. The van der Waals surface area contributed by atoms with Gasteiger partial charge in [-0.15, -0.1) is 0 Å². The minimum Gasteiger partial charge on any atom is -0.493 e. The van der Waals surface area contributed by atoms with Crippen molar-refractivity contribution < 1.29 is 32.5 Å². The smallest absolute Gasteiger partial charge is 0.304 e. The lowest BCUT2D eigenvalue weighted by atomic mass is 10.1. The van der Waals surface area contributed by atoms with Gasteiger partial charge in [0.2, 0.25) is 0 Å². The zero-order chi connectivity index (χ0) is 24.6. The maximum absolute atomic E-state index is 13.3. The average molecular weight is 485 g/mol. The Bertz CT molecular complexity index is 1190. The molecule has 0 fully saturated rings. The number of aliphatic carboxylic acids is 1. The first-order chi connectivity index (χ1) is 16.3. The molecule has 34 heavy (non-hydrogen) atoms. The third-order valence-corrected chi connectivity index (χ3v) is 7.64. The molecule has 0 radical (unpaired) electrons. The molecule has 0 aromatic heterocycles. The lowest BCUT2D eigenvalue weighted by Crippen LogP contribution is -2.25. The van der Waals surface area contributed by atoms with E-state index in [1.807, 2.05) is 54.6 Å². The zero-order valence-corrected chi connectivity index (χ0v) is 20.0. The molecule has 1 unspecified atom stereocenters. The first-order valence-corrected chi connectivity index (χ1v) is 12.3. The molecular weight excluding hydrogens is 456 g/mol. The van der Waals surface area contributed by atoms with E-state index >= 15 is 0 Å². The topological polar surface area (TPSA) is 99.1 Å². The van der Waals surface area contributed by atoms with Crippen LogP contribution in [0.5, 0.6) is 17.2 Å². The first-order valence-electron chi connectivity index (χ1n) is 10.8. The Labute approximate surface area is 199 Å². The van der Waals surface area contributed by atoms with Gasteiger partial charge in [0.05, 0.1) is 30.8 Å². The van der Waals surface area contributed by atoms with Crippen molar-refractivity contribution in [3.8, 4) is 17.2 Å². The first kappa shape index (κ1) is 25.1.